The molecule has 0 spiro atoms. The van der Waals surface area contributed by atoms with Gasteiger partial charge in [0.15, 0.2) is 16.8 Å². The molecule has 9 heteroatoms. The maximum atomic E-state index is 15.4. The van der Waals surface area contributed by atoms with Crippen LogP contribution in [0.2, 0.25) is 0 Å². The molecule has 0 saturated heterocycles. The zero-order valence-corrected chi connectivity index (χ0v) is 21.4. The van der Waals surface area contributed by atoms with Gasteiger partial charge in [-0.25, -0.2) is 8.60 Å². The van der Waals surface area contributed by atoms with Crippen LogP contribution in [0.15, 0.2) is 69.0 Å². The Morgan fingerprint density at radius 2 is 1.92 bits per heavy atom. The van der Waals surface area contributed by atoms with Gasteiger partial charge in [0.05, 0.1) is 23.2 Å². The maximum Gasteiger partial charge on any atom is 0.255 e. The van der Waals surface area contributed by atoms with Gasteiger partial charge in [-0.3, -0.25) is 14.1 Å². The number of rotatable bonds is 6. The summed E-state index contributed by atoms with van der Waals surface area (Å²) in [7, 11) is -0.0720. The van der Waals surface area contributed by atoms with Gasteiger partial charge in [0, 0.05) is 23.6 Å². The maximum absolute atomic E-state index is 15.4. The fourth-order valence-electron chi connectivity index (χ4n) is 4.80. The minimum absolute atomic E-state index is 0.135. The third-order valence-corrected chi connectivity index (χ3v) is 8.13. The van der Waals surface area contributed by atoms with Crippen LogP contribution in [0.3, 0.4) is 0 Å². The van der Waals surface area contributed by atoms with E-state index in [9.17, 15) is 9.00 Å². The molecule has 1 aliphatic rings. The number of nitrogens with one attached hydrogen (secondary N) is 1. The van der Waals surface area contributed by atoms with E-state index in [2.05, 4.69) is 30.6 Å². The van der Waals surface area contributed by atoms with Crippen LogP contribution in [0.25, 0.3) is 16.6 Å². The number of nitrogens with zero attached hydrogens (tertiary/aromatic N) is 2. The zero-order chi connectivity index (χ0) is 25.6. The molecule has 7 nitrogen and oxygen atoms in total. The lowest BCUT2D eigenvalue weighted by molar-refractivity contribution is 0.113. The van der Waals surface area contributed by atoms with E-state index >= 15 is 4.39 Å². The van der Waals surface area contributed by atoms with E-state index in [4.69, 9.17) is 9.26 Å². The number of methoxy groups -OCH3 is 1. The molecule has 2 aromatic heterocycles. The molecule has 2 aromatic carbocycles. The quantitative estimate of drug-likeness (QED) is 0.355. The molecule has 2 heterocycles. The Hall–Kier alpha value is -3.46. The summed E-state index contributed by atoms with van der Waals surface area (Å²) in [6.45, 7) is 6.64. The average Bonchev–Trinajstić information content (AvgIpc) is 3.31. The van der Waals surface area contributed by atoms with E-state index in [-0.39, 0.29) is 22.7 Å². The van der Waals surface area contributed by atoms with Crippen molar-refractivity contribution < 1.29 is 17.9 Å². The van der Waals surface area contributed by atoms with E-state index < -0.39 is 11.0 Å². The molecule has 188 valence electrons. The Kier molecular flexibility index (Phi) is 6.20. The molecule has 1 unspecified atom stereocenters. The summed E-state index contributed by atoms with van der Waals surface area (Å²) >= 11 is 0. The summed E-state index contributed by atoms with van der Waals surface area (Å²) in [6.07, 6.45) is 3.24. The summed E-state index contributed by atoms with van der Waals surface area (Å²) in [5, 5.41) is 4.38. The number of benzene rings is 2. The molecular formula is C27H28FN3O4S. The van der Waals surface area contributed by atoms with Gasteiger partial charge in [-0.2, -0.15) is 0 Å². The van der Waals surface area contributed by atoms with Crippen LogP contribution in [0.1, 0.15) is 45.1 Å². The van der Waals surface area contributed by atoms with Gasteiger partial charge in [0.25, 0.3) is 5.56 Å². The molecule has 1 aliphatic carbocycles. The molecule has 36 heavy (non-hydrogen) atoms. The fourth-order valence-corrected chi connectivity index (χ4v) is 5.63. The number of hydrogen-bond donors (Lipinski definition) is 1. The summed E-state index contributed by atoms with van der Waals surface area (Å²) in [4.78, 5) is 13.5. The highest BCUT2D eigenvalue weighted by atomic mass is 32.2. The molecule has 4 aromatic rings. The predicted octanol–water partition coefficient (Wildman–Crippen LogP) is 5.80. The van der Waals surface area contributed by atoms with Crippen molar-refractivity contribution >= 4 is 27.7 Å². The first kappa shape index (κ1) is 24.2. The van der Waals surface area contributed by atoms with Crippen molar-refractivity contribution in [2.75, 3.05) is 11.8 Å². The molecule has 1 fully saturated rings. The number of pyridine rings is 1. The van der Waals surface area contributed by atoms with Crippen molar-refractivity contribution in [2.24, 2.45) is 11.3 Å². The van der Waals surface area contributed by atoms with E-state index in [1.807, 2.05) is 0 Å². The number of halogens is 1. The molecule has 0 radical (unpaired) electrons. The van der Waals surface area contributed by atoms with Crippen molar-refractivity contribution in [2.45, 2.75) is 44.4 Å². The second kappa shape index (κ2) is 9.20. The molecule has 5 rings (SSSR count). The van der Waals surface area contributed by atoms with Crippen molar-refractivity contribution in [3.05, 3.63) is 76.5 Å². The Morgan fingerprint density at radius 3 is 2.58 bits per heavy atom. The van der Waals surface area contributed by atoms with Crippen LogP contribution in [0.4, 0.5) is 10.2 Å². The number of fused-ring (bicyclic) bond motifs is 1. The van der Waals surface area contributed by atoms with Gasteiger partial charge in [0.1, 0.15) is 17.8 Å². The van der Waals surface area contributed by atoms with Crippen molar-refractivity contribution in [3.8, 4) is 11.4 Å². The van der Waals surface area contributed by atoms with Crippen LogP contribution < -0.4 is 15.0 Å². The van der Waals surface area contributed by atoms with Gasteiger partial charge in [-0.1, -0.05) is 25.9 Å². The molecule has 0 amide bonds. The first-order valence-electron chi connectivity index (χ1n) is 11.8. The van der Waals surface area contributed by atoms with Crippen LogP contribution in [-0.2, 0) is 11.0 Å². The first-order chi connectivity index (χ1) is 17.2. The van der Waals surface area contributed by atoms with Crippen molar-refractivity contribution in [3.63, 3.8) is 0 Å². The third kappa shape index (κ3) is 4.43. The van der Waals surface area contributed by atoms with Gasteiger partial charge in [-0.15, -0.1) is 0 Å². The van der Waals surface area contributed by atoms with Gasteiger partial charge in [-0.05, 0) is 66.0 Å². The van der Waals surface area contributed by atoms with E-state index in [0.29, 0.717) is 44.5 Å². The Balaban J connectivity index is 1.52. The Morgan fingerprint density at radius 1 is 1.14 bits per heavy atom. The lowest BCUT2D eigenvalue weighted by atomic mass is 9.61. The molecule has 1 atom stereocenters. The second-order valence-corrected chi connectivity index (χ2v) is 11.5. The van der Waals surface area contributed by atoms with Crippen LogP contribution in [-0.4, -0.2) is 21.0 Å². The normalized spacial score (nSPS) is 18.6. The van der Waals surface area contributed by atoms with E-state index in [1.54, 1.807) is 36.4 Å². The first-order valence-corrected chi connectivity index (χ1v) is 12.9. The average molecular weight is 510 g/mol. The number of anilines is 1. The summed E-state index contributed by atoms with van der Waals surface area (Å²) in [5.41, 5.74) is 1.38. The topological polar surface area (TPSA) is 86.4 Å². The minimum Gasteiger partial charge on any atom is -0.495 e. The van der Waals surface area contributed by atoms with Crippen LogP contribution >= 0.6 is 0 Å². The SMILES string of the molecule is COc1cc(C2CC(C(C)(C)C)C2)c(F)cc1-n1c(=O)ccc2cc(S(=O)Nc3ccon3)ccc21. The van der Waals surface area contributed by atoms with E-state index in [1.165, 1.54) is 30.1 Å². The summed E-state index contributed by atoms with van der Waals surface area (Å²) < 4.78 is 42.7. The lowest BCUT2D eigenvalue weighted by Crippen LogP contribution is -2.33. The number of ether oxygens (including phenoxy) is 1. The minimum atomic E-state index is -1.59. The molecular weight excluding hydrogens is 481 g/mol. The zero-order valence-electron chi connectivity index (χ0n) is 20.6. The highest BCUT2D eigenvalue weighted by Crippen LogP contribution is 2.51. The third-order valence-electron chi connectivity index (χ3n) is 7.06. The molecule has 1 saturated carbocycles. The van der Waals surface area contributed by atoms with Crippen molar-refractivity contribution in [1.82, 2.24) is 9.72 Å². The van der Waals surface area contributed by atoms with Gasteiger partial charge in [0.2, 0.25) is 0 Å². The van der Waals surface area contributed by atoms with Crippen LogP contribution in [0, 0.1) is 17.2 Å². The smallest absolute Gasteiger partial charge is 0.255 e. The van der Waals surface area contributed by atoms with Crippen LogP contribution in [0.5, 0.6) is 5.75 Å². The molecule has 0 aliphatic heterocycles. The van der Waals surface area contributed by atoms with Gasteiger partial charge < -0.3 is 9.26 Å². The predicted molar refractivity (Wildman–Crippen MR) is 138 cm³/mol. The largest absolute Gasteiger partial charge is 0.495 e. The number of hydrogen-bond acceptors (Lipinski definition) is 5. The van der Waals surface area contributed by atoms with E-state index in [0.717, 1.165) is 12.8 Å². The Labute approximate surface area is 210 Å². The molecule has 0 bridgehead atoms. The fraction of sp³-hybridized carbons (Fsp3) is 0.333. The summed E-state index contributed by atoms with van der Waals surface area (Å²) in [5.74, 6) is 1.11. The number of aromatic nitrogens is 2. The van der Waals surface area contributed by atoms with Gasteiger partial charge >= 0.3 is 0 Å². The van der Waals surface area contributed by atoms with Crippen molar-refractivity contribution in [1.29, 1.82) is 0 Å². The lowest BCUT2D eigenvalue weighted by Gasteiger charge is -2.44. The highest BCUT2D eigenvalue weighted by Gasteiger charge is 2.39. The molecule has 1 N–H and O–H groups in total. The highest BCUT2D eigenvalue weighted by molar-refractivity contribution is 7.86. The monoisotopic (exact) mass is 509 g/mol. The standard InChI is InChI=1S/C27H28FN3O4S/c1-27(2,3)18-11-17(12-18)20-14-24(34-4)23(15-21(20)28)31-22-7-6-19(13-16(22)5-8-26(31)32)36(33)30-25-9-10-35-29-25/h5-10,13-15,17-18H,11-12H2,1-4H3,(H,29,30). The second-order valence-electron chi connectivity index (χ2n) is 10.3. The Bertz CT molecular complexity index is 1500. The summed E-state index contributed by atoms with van der Waals surface area (Å²) in [6, 6.07) is 12.8.